The summed E-state index contributed by atoms with van der Waals surface area (Å²) in [6.45, 7) is 2.76. The highest BCUT2D eigenvalue weighted by Gasteiger charge is 2.15. The van der Waals surface area contributed by atoms with E-state index >= 15 is 0 Å². The topological polar surface area (TPSA) is 48.3 Å². The third-order valence-corrected chi connectivity index (χ3v) is 3.28. The van der Waals surface area contributed by atoms with Crippen molar-refractivity contribution in [1.82, 2.24) is 15.1 Å². The lowest BCUT2D eigenvalue weighted by Gasteiger charge is -2.14. The first-order valence-corrected chi connectivity index (χ1v) is 6.50. The minimum absolute atomic E-state index is 0.727. The molecule has 0 aliphatic rings. The van der Waals surface area contributed by atoms with Crippen LogP contribution in [-0.2, 0) is 13.6 Å². The molecule has 1 heterocycles. The summed E-state index contributed by atoms with van der Waals surface area (Å²) in [7, 11) is 7.15. The van der Waals surface area contributed by atoms with Gasteiger partial charge in [0.15, 0.2) is 11.5 Å². The molecule has 0 radical (unpaired) electrons. The molecule has 5 heteroatoms. The first-order chi connectivity index (χ1) is 9.60. The first-order valence-electron chi connectivity index (χ1n) is 6.50. The Bertz CT molecular complexity index is 605. The van der Waals surface area contributed by atoms with Gasteiger partial charge in [0.05, 0.1) is 19.9 Å². The molecule has 2 aromatic rings. The van der Waals surface area contributed by atoms with Crippen molar-refractivity contribution in [2.24, 2.45) is 7.05 Å². The van der Waals surface area contributed by atoms with Crippen molar-refractivity contribution in [2.45, 2.75) is 13.5 Å². The highest BCUT2D eigenvalue weighted by molar-refractivity contribution is 5.72. The van der Waals surface area contributed by atoms with Crippen molar-refractivity contribution in [3.05, 3.63) is 29.6 Å². The normalized spacial score (nSPS) is 10.7. The number of ether oxygens (including phenoxy) is 2. The number of benzene rings is 1. The van der Waals surface area contributed by atoms with Gasteiger partial charge in [0.1, 0.15) is 0 Å². The van der Waals surface area contributed by atoms with E-state index in [0.29, 0.717) is 0 Å². The van der Waals surface area contributed by atoms with Gasteiger partial charge in [-0.05, 0) is 37.2 Å². The van der Waals surface area contributed by atoms with E-state index < -0.39 is 0 Å². The second-order valence-electron chi connectivity index (χ2n) is 4.70. The molecule has 5 nitrogen and oxygen atoms in total. The summed E-state index contributed by atoms with van der Waals surface area (Å²) in [5.41, 5.74) is 4.37. The Hall–Kier alpha value is -2.01. The molecule has 1 aromatic heterocycles. The lowest BCUT2D eigenvalue weighted by molar-refractivity contribution is 0.354. The molecule has 20 heavy (non-hydrogen) atoms. The van der Waals surface area contributed by atoms with Crippen LogP contribution in [-0.4, -0.2) is 31.0 Å². The predicted octanol–water partition coefficient (Wildman–Crippen LogP) is 2.13. The van der Waals surface area contributed by atoms with E-state index in [4.69, 9.17) is 9.47 Å². The van der Waals surface area contributed by atoms with Crippen molar-refractivity contribution in [3.63, 3.8) is 0 Å². The summed E-state index contributed by atoms with van der Waals surface area (Å²) in [5.74, 6) is 1.47. The van der Waals surface area contributed by atoms with Crippen LogP contribution in [0.1, 0.15) is 11.3 Å². The van der Waals surface area contributed by atoms with Crippen LogP contribution in [0.15, 0.2) is 18.3 Å². The molecule has 1 aromatic carbocycles. The van der Waals surface area contributed by atoms with Crippen LogP contribution >= 0.6 is 0 Å². The fourth-order valence-corrected chi connectivity index (χ4v) is 2.37. The van der Waals surface area contributed by atoms with E-state index in [-0.39, 0.29) is 0 Å². The Balaban J connectivity index is 2.63. The average Bonchev–Trinajstić information content (AvgIpc) is 2.77. The van der Waals surface area contributed by atoms with Crippen molar-refractivity contribution in [2.75, 3.05) is 21.3 Å². The summed E-state index contributed by atoms with van der Waals surface area (Å²) in [5, 5.41) is 7.60. The fourth-order valence-electron chi connectivity index (χ4n) is 2.37. The zero-order chi connectivity index (χ0) is 14.7. The monoisotopic (exact) mass is 275 g/mol. The lowest BCUT2D eigenvalue weighted by Crippen LogP contribution is -2.07. The highest BCUT2D eigenvalue weighted by Crippen LogP contribution is 2.36. The molecule has 2 rings (SSSR count). The minimum Gasteiger partial charge on any atom is -0.493 e. The van der Waals surface area contributed by atoms with E-state index in [1.807, 2.05) is 44.0 Å². The van der Waals surface area contributed by atoms with Gasteiger partial charge < -0.3 is 14.8 Å². The summed E-state index contributed by atoms with van der Waals surface area (Å²) < 4.78 is 12.6. The Labute approximate surface area is 119 Å². The molecule has 0 saturated carbocycles. The molecule has 1 N–H and O–H groups in total. The van der Waals surface area contributed by atoms with Crippen molar-refractivity contribution >= 4 is 0 Å². The van der Waals surface area contributed by atoms with Crippen molar-refractivity contribution < 1.29 is 9.47 Å². The second-order valence-corrected chi connectivity index (χ2v) is 4.70. The molecular formula is C15H21N3O2. The summed E-state index contributed by atoms with van der Waals surface area (Å²) in [6.07, 6.45) is 2.02. The molecule has 0 aliphatic carbocycles. The van der Waals surface area contributed by atoms with E-state index in [1.165, 1.54) is 0 Å². The van der Waals surface area contributed by atoms with Gasteiger partial charge in [-0.2, -0.15) is 5.10 Å². The smallest absolute Gasteiger partial charge is 0.161 e. The van der Waals surface area contributed by atoms with Gasteiger partial charge in [0.25, 0.3) is 0 Å². The molecule has 0 spiro atoms. The number of methoxy groups -OCH3 is 2. The second kappa shape index (κ2) is 5.96. The molecule has 0 amide bonds. The number of nitrogens with one attached hydrogen (secondary N) is 1. The Kier molecular flexibility index (Phi) is 4.29. The maximum atomic E-state index is 5.41. The number of nitrogens with zero attached hydrogens (tertiary/aromatic N) is 2. The number of hydrogen-bond acceptors (Lipinski definition) is 4. The van der Waals surface area contributed by atoms with Gasteiger partial charge in [0, 0.05) is 25.4 Å². The summed E-state index contributed by atoms with van der Waals surface area (Å²) in [6, 6.07) is 4.02. The predicted molar refractivity (Wildman–Crippen MR) is 79.2 cm³/mol. The highest BCUT2D eigenvalue weighted by atomic mass is 16.5. The first kappa shape index (κ1) is 14.4. The Morgan fingerprint density at radius 2 is 1.80 bits per heavy atom. The number of aryl methyl sites for hydroxylation is 2. The Morgan fingerprint density at radius 3 is 2.30 bits per heavy atom. The largest absolute Gasteiger partial charge is 0.493 e. The summed E-state index contributed by atoms with van der Waals surface area (Å²) in [4.78, 5) is 0. The van der Waals surface area contributed by atoms with E-state index in [1.54, 1.807) is 14.2 Å². The standard InChI is InChI=1S/C15H21N3O2/c1-10-13(9-18(3)17-10)12-7-15(20-5)14(19-4)6-11(12)8-16-2/h6-7,9,16H,8H2,1-5H3. The van der Waals surface area contributed by atoms with Crippen LogP contribution in [0.5, 0.6) is 11.5 Å². The van der Waals surface area contributed by atoms with Gasteiger partial charge in [0.2, 0.25) is 0 Å². The zero-order valence-corrected chi connectivity index (χ0v) is 12.7. The fraction of sp³-hybridized carbons (Fsp3) is 0.400. The van der Waals surface area contributed by atoms with Crippen LogP contribution in [0.4, 0.5) is 0 Å². The third-order valence-electron chi connectivity index (χ3n) is 3.28. The van der Waals surface area contributed by atoms with Crippen LogP contribution in [0, 0.1) is 6.92 Å². The number of hydrogen-bond donors (Lipinski definition) is 1. The van der Waals surface area contributed by atoms with Crippen molar-refractivity contribution in [1.29, 1.82) is 0 Å². The Morgan fingerprint density at radius 1 is 1.15 bits per heavy atom. The molecule has 0 fully saturated rings. The minimum atomic E-state index is 0.727. The van der Waals surface area contributed by atoms with E-state index in [0.717, 1.165) is 40.4 Å². The molecule has 0 unspecified atom stereocenters. The molecule has 0 saturated heterocycles. The van der Waals surface area contributed by atoms with Crippen LogP contribution in [0.2, 0.25) is 0 Å². The number of aromatic nitrogens is 2. The van der Waals surface area contributed by atoms with Crippen LogP contribution < -0.4 is 14.8 Å². The van der Waals surface area contributed by atoms with E-state index in [2.05, 4.69) is 10.4 Å². The maximum absolute atomic E-state index is 5.41. The number of rotatable bonds is 5. The molecule has 108 valence electrons. The zero-order valence-electron chi connectivity index (χ0n) is 12.7. The lowest BCUT2D eigenvalue weighted by atomic mass is 9.99. The molecular weight excluding hydrogens is 254 g/mol. The van der Waals surface area contributed by atoms with Crippen LogP contribution in [0.25, 0.3) is 11.1 Å². The molecule has 0 atom stereocenters. The van der Waals surface area contributed by atoms with Gasteiger partial charge in [-0.3, -0.25) is 4.68 Å². The van der Waals surface area contributed by atoms with Crippen molar-refractivity contribution in [3.8, 4) is 22.6 Å². The molecule has 0 bridgehead atoms. The summed E-state index contributed by atoms with van der Waals surface area (Å²) >= 11 is 0. The van der Waals surface area contributed by atoms with Gasteiger partial charge in [-0.25, -0.2) is 0 Å². The van der Waals surface area contributed by atoms with Gasteiger partial charge >= 0.3 is 0 Å². The SMILES string of the molecule is CNCc1cc(OC)c(OC)cc1-c1cn(C)nc1C. The van der Waals surface area contributed by atoms with E-state index in [9.17, 15) is 0 Å². The van der Waals surface area contributed by atoms with Crippen LogP contribution in [0.3, 0.4) is 0 Å². The van der Waals surface area contributed by atoms with Gasteiger partial charge in [-0.1, -0.05) is 0 Å². The average molecular weight is 275 g/mol. The molecule has 0 aliphatic heterocycles. The van der Waals surface area contributed by atoms with Gasteiger partial charge in [-0.15, -0.1) is 0 Å². The third kappa shape index (κ3) is 2.63. The maximum Gasteiger partial charge on any atom is 0.161 e. The quantitative estimate of drug-likeness (QED) is 0.908.